The Balaban J connectivity index is 2.01. The quantitative estimate of drug-likeness (QED) is 0.739. The summed E-state index contributed by atoms with van der Waals surface area (Å²) in [4.78, 5) is 0. The van der Waals surface area contributed by atoms with Crippen molar-refractivity contribution in [1.82, 2.24) is 0 Å². The van der Waals surface area contributed by atoms with Gasteiger partial charge in [0.2, 0.25) is 0 Å². The molecule has 0 N–H and O–H groups in total. The summed E-state index contributed by atoms with van der Waals surface area (Å²) in [6.07, 6.45) is 4.44. The number of ether oxygens (including phenoxy) is 1. The van der Waals surface area contributed by atoms with E-state index >= 15 is 0 Å². The first-order valence-corrected chi connectivity index (χ1v) is 7.18. The monoisotopic (exact) mass is 332 g/mol. The van der Waals surface area contributed by atoms with Crippen LogP contribution in [0.25, 0.3) is 0 Å². The van der Waals surface area contributed by atoms with Gasteiger partial charge in [0.15, 0.2) is 0 Å². The maximum Gasteiger partial charge on any atom is 0.0925 e. The van der Waals surface area contributed by atoms with Crippen LogP contribution in [0.2, 0.25) is 0 Å². The molecule has 1 aromatic carbocycles. The van der Waals surface area contributed by atoms with Crippen LogP contribution in [0.3, 0.4) is 0 Å². The fraction of sp³-hybridized carbons (Fsp3) is 0.500. The normalized spacial score (nSPS) is 18.5. The third kappa shape index (κ3) is 3.05. The molecule has 0 saturated heterocycles. The lowest BCUT2D eigenvalue weighted by Gasteiger charge is -2.30. The topological polar surface area (TPSA) is 9.23 Å². The van der Waals surface area contributed by atoms with E-state index in [0.29, 0.717) is 6.10 Å². The predicted molar refractivity (Wildman–Crippen MR) is 69.4 cm³/mol. The van der Waals surface area contributed by atoms with Crippen LogP contribution < -0.4 is 0 Å². The van der Waals surface area contributed by atoms with Gasteiger partial charge in [-0.25, -0.2) is 0 Å². The van der Waals surface area contributed by atoms with Crippen molar-refractivity contribution >= 4 is 31.9 Å². The number of halogens is 2. The first-order chi connectivity index (χ1) is 7.29. The molecule has 0 bridgehead atoms. The Morgan fingerprint density at radius 1 is 1.27 bits per heavy atom. The molecule has 0 spiro atoms. The van der Waals surface area contributed by atoms with Gasteiger partial charge in [0.1, 0.15) is 0 Å². The van der Waals surface area contributed by atoms with Crippen LogP contribution in [0.1, 0.15) is 30.9 Å². The minimum Gasteiger partial charge on any atom is -0.369 e. The molecule has 1 saturated carbocycles. The average Bonchev–Trinajstić information content (AvgIpc) is 2.19. The highest BCUT2D eigenvalue weighted by molar-refractivity contribution is 9.10. The summed E-state index contributed by atoms with van der Waals surface area (Å²) in [5.74, 6) is 0. The minimum atomic E-state index is 0.198. The molecular formula is C12H14Br2O. The molecule has 15 heavy (non-hydrogen) atoms. The maximum atomic E-state index is 6.00. The van der Waals surface area contributed by atoms with Crippen LogP contribution in [0, 0.1) is 0 Å². The summed E-state index contributed by atoms with van der Waals surface area (Å²) in [6.45, 7) is 0. The molecular weight excluding hydrogens is 320 g/mol. The first kappa shape index (κ1) is 11.6. The number of benzene rings is 1. The SMILES string of the molecule is BrCC(OC1CCC1)c1ccc(Br)cc1. The summed E-state index contributed by atoms with van der Waals surface area (Å²) < 4.78 is 7.11. The van der Waals surface area contributed by atoms with Gasteiger partial charge in [-0.15, -0.1) is 0 Å². The van der Waals surface area contributed by atoms with E-state index in [4.69, 9.17) is 4.74 Å². The van der Waals surface area contributed by atoms with Crippen molar-refractivity contribution in [1.29, 1.82) is 0 Å². The molecule has 0 aromatic heterocycles. The van der Waals surface area contributed by atoms with E-state index in [-0.39, 0.29) is 6.10 Å². The standard InChI is InChI=1S/C12H14Br2O/c13-8-12(15-11-2-1-3-11)9-4-6-10(14)7-5-9/h4-7,11-12H,1-3,8H2. The molecule has 1 unspecified atom stereocenters. The molecule has 2 rings (SSSR count). The van der Waals surface area contributed by atoms with Crippen molar-refractivity contribution in [2.45, 2.75) is 31.5 Å². The summed E-state index contributed by atoms with van der Waals surface area (Å²) in [5.41, 5.74) is 1.25. The fourth-order valence-corrected chi connectivity index (χ4v) is 2.41. The highest BCUT2D eigenvalue weighted by Gasteiger charge is 2.22. The van der Waals surface area contributed by atoms with Crippen LogP contribution in [0.15, 0.2) is 28.7 Å². The van der Waals surface area contributed by atoms with Gasteiger partial charge in [-0.3, -0.25) is 0 Å². The Bertz CT molecular complexity index is 306. The Kier molecular flexibility index (Phi) is 4.23. The second-order valence-corrected chi connectivity index (χ2v) is 5.45. The largest absolute Gasteiger partial charge is 0.369 e. The van der Waals surface area contributed by atoms with Gasteiger partial charge < -0.3 is 4.74 Å². The van der Waals surface area contributed by atoms with Gasteiger partial charge >= 0.3 is 0 Å². The van der Waals surface area contributed by atoms with E-state index in [1.807, 2.05) is 0 Å². The van der Waals surface area contributed by atoms with E-state index in [1.54, 1.807) is 0 Å². The second-order valence-electron chi connectivity index (χ2n) is 3.88. The van der Waals surface area contributed by atoms with Crippen molar-refractivity contribution in [3.05, 3.63) is 34.3 Å². The Morgan fingerprint density at radius 3 is 2.40 bits per heavy atom. The Morgan fingerprint density at radius 2 is 1.93 bits per heavy atom. The van der Waals surface area contributed by atoms with Crippen molar-refractivity contribution in [2.24, 2.45) is 0 Å². The Hall–Kier alpha value is 0.140. The van der Waals surface area contributed by atoms with Crippen molar-refractivity contribution < 1.29 is 4.74 Å². The zero-order valence-corrected chi connectivity index (χ0v) is 11.6. The third-order valence-corrected chi connectivity index (χ3v) is 3.91. The van der Waals surface area contributed by atoms with Crippen LogP contribution >= 0.6 is 31.9 Å². The summed E-state index contributed by atoms with van der Waals surface area (Å²) in [7, 11) is 0. The molecule has 82 valence electrons. The van der Waals surface area contributed by atoms with E-state index in [0.717, 1.165) is 9.80 Å². The zero-order chi connectivity index (χ0) is 10.7. The van der Waals surface area contributed by atoms with Gasteiger partial charge in [-0.1, -0.05) is 44.0 Å². The lowest BCUT2D eigenvalue weighted by molar-refractivity contribution is -0.0418. The highest BCUT2D eigenvalue weighted by Crippen LogP contribution is 2.30. The van der Waals surface area contributed by atoms with Crippen LogP contribution in [0.4, 0.5) is 0 Å². The molecule has 1 fully saturated rings. The van der Waals surface area contributed by atoms with E-state index in [2.05, 4.69) is 56.1 Å². The second kappa shape index (κ2) is 5.46. The predicted octanol–water partition coefficient (Wildman–Crippen LogP) is 4.45. The lowest BCUT2D eigenvalue weighted by atomic mass is 9.96. The molecule has 1 aromatic rings. The smallest absolute Gasteiger partial charge is 0.0925 e. The van der Waals surface area contributed by atoms with Gasteiger partial charge in [0.25, 0.3) is 0 Å². The third-order valence-electron chi connectivity index (χ3n) is 2.79. The molecule has 1 nitrogen and oxygen atoms in total. The van der Waals surface area contributed by atoms with Crippen LogP contribution in [-0.2, 0) is 4.74 Å². The summed E-state index contributed by atoms with van der Waals surface area (Å²) >= 11 is 6.96. The highest BCUT2D eigenvalue weighted by atomic mass is 79.9. The van der Waals surface area contributed by atoms with Gasteiger partial charge in [-0.05, 0) is 37.0 Å². The number of rotatable bonds is 4. The van der Waals surface area contributed by atoms with E-state index in [9.17, 15) is 0 Å². The molecule has 0 radical (unpaired) electrons. The molecule has 0 heterocycles. The average molecular weight is 334 g/mol. The minimum absolute atomic E-state index is 0.198. The van der Waals surface area contributed by atoms with Crippen LogP contribution in [0.5, 0.6) is 0 Å². The van der Waals surface area contributed by atoms with Crippen LogP contribution in [-0.4, -0.2) is 11.4 Å². The van der Waals surface area contributed by atoms with Crippen molar-refractivity contribution in [3.8, 4) is 0 Å². The number of hydrogen-bond donors (Lipinski definition) is 0. The maximum absolute atomic E-state index is 6.00. The molecule has 0 amide bonds. The van der Waals surface area contributed by atoms with Gasteiger partial charge in [0, 0.05) is 9.80 Å². The zero-order valence-electron chi connectivity index (χ0n) is 8.46. The van der Waals surface area contributed by atoms with E-state index in [1.165, 1.54) is 24.8 Å². The number of alkyl halides is 1. The molecule has 1 atom stereocenters. The lowest BCUT2D eigenvalue weighted by Crippen LogP contribution is -2.24. The van der Waals surface area contributed by atoms with Crippen molar-refractivity contribution in [2.75, 3.05) is 5.33 Å². The molecule has 1 aliphatic rings. The van der Waals surface area contributed by atoms with Crippen molar-refractivity contribution in [3.63, 3.8) is 0 Å². The van der Waals surface area contributed by atoms with Gasteiger partial charge in [0.05, 0.1) is 12.2 Å². The summed E-state index contributed by atoms with van der Waals surface area (Å²) in [6, 6.07) is 8.37. The number of hydrogen-bond acceptors (Lipinski definition) is 1. The van der Waals surface area contributed by atoms with E-state index < -0.39 is 0 Å². The Labute approximate surface area is 107 Å². The summed E-state index contributed by atoms with van der Waals surface area (Å²) in [5, 5.41) is 0.866. The van der Waals surface area contributed by atoms with Gasteiger partial charge in [-0.2, -0.15) is 0 Å². The fourth-order valence-electron chi connectivity index (χ4n) is 1.62. The molecule has 1 aliphatic carbocycles. The molecule has 0 aliphatic heterocycles. The first-order valence-electron chi connectivity index (χ1n) is 5.26. The molecule has 3 heteroatoms.